The number of nitrogens with zero attached hydrogens (tertiary/aromatic N) is 3. The molecule has 0 bridgehead atoms. The normalized spacial score (nSPS) is 18.9. The summed E-state index contributed by atoms with van der Waals surface area (Å²) in [4.78, 5) is 12.2. The first-order valence-electron chi connectivity index (χ1n) is 13.8. The van der Waals surface area contributed by atoms with Gasteiger partial charge in [-0.1, -0.05) is 102 Å². The van der Waals surface area contributed by atoms with Crippen LogP contribution in [0.25, 0.3) is 27.1 Å². The van der Waals surface area contributed by atoms with Gasteiger partial charge in [0.05, 0.1) is 27.1 Å². The third-order valence-corrected chi connectivity index (χ3v) is 10.5. The molecule has 3 aliphatic rings. The lowest BCUT2D eigenvalue weighted by molar-refractivity contribution is 1.18. The van der Waals surface area contributed by atoms with Crippen LogP contribution >= 0.6 is 23.5 Å². The van der Waals surface area contributed by atoms with Crippen LogP contribution in [0.3, 0.4) is 0 Å². The van der Waals surface area contributed by atoms with E-state index in [-0.39, 0.29) is 0 Å². The molecule has 0 N–H and O–H groups in total. The van der Waals surface area contributed by atoms with Crippen molar-refractivity contribution in [1.29, 1.82) is 0 Å². The van der Waals surface area contributed by atoms with Gasteiger partial charge in [0.2, 0.25) is 0 Å². The van der Waals surface area contributed by atoms with Gasteiger partial charge in [-0.05, 0) is 53.6 Å². The van der Waals surface area contributed by atoms with Crippen molar-refractivity contribution in [2.45, 2.75) is 16.7 Å². The quantitative estimate of drug-likeness (QED) is 0.212. The Bertz CT molecular complexity index is 1940. The van der Waals surface area contributed by atoms with Gasteiger partial charge in [0.25, 0.3) is 0 Å². The highest BCUT2D eigenvalue weighted by Crippen LogP contribution is 2.52. The minimum absolute atomic E-state index is 1.04. The monoisotopic (exact) mass is 565 g/mol. The van der Waals surface area contributed by atoms with Gasteiger partial charge in [0, 0.05) is 51.5 Å². The van der Waals surface area contributed by atoms with Gasteiger partial charge < -0.3 is 9.80 Å². The molecule has 0 aliphatic carbocycles. The zero-order valence-electron chi connectivity index (χ0n) is 23.1. The average Bonchev–Trinajstić information content (AvgIpc) is 3.62. The number of thioether (sulfide) groups is 2. The highest BCUT2D eigenvalue weighted by Gasteiger charge is 2.29. The summed E-state index contributed by atoms with van der Waals surface area (Å²) < 4.78 is 0. The van der Waals surface area contributed by atoms with Crippen LogP contribution in [0.5, 0.6) is 0 Å². The Morgan fingerprint density at radius 1 is 0.634 bits per heavy atom. The van der Waals surface area contributed by atoms with Crippen LogP contribution in [0.2, 0.25) is 0 Å². The Kier molecular flexibility index (Phi) is 5.66. The second-order valence-corrected chi connectivity index (χ2v) is 12.7. The molecule has 0 unspecified atom stereocenters. The number of rotatable bonds is 2. The first kappa shape index (κ1) is 24.6. The maximum Gasteiger partial charge on any atom is 0.0805 e. The molecule has 0 saturated heterocycles. The molecule has 0 fully saturated rings. The molecule has 3 aliphatic heterocycles. The predicted octanol–water partition coefficient (Wildman–Crippen LogP) is 10.0. The molecule has 5 aromatic carbocycles. The number of fused-ring (bicyclic) bond motifs is 7. The van der Waals surface area contributed by atoms with Crippen molar-refractivity contribution in [2.75, 3.05) is 23.9 Å². The number of allylic oxidation sites excluding steroid dienone is 4. The third kappa shape index (κ3) is 3.87. The number of benzene rings is 5. The molecule has 8 rings (SSSR count). The van der Waals surface area contributed by atoms with Crippen LogP contribution < -0.4 is 9.80 Å². The molecular weight excluding hydrogens is 539 g/mol. The summed E-state index contributed by atoms with van der Waals surface area (Å²) >= 11 is 3.68. The van der Waals surface area contributed by atoms with Gasteiger partial charge >= 0.3 is 0 Å². The SMILES string of the molecule is CC1=Nc2ccccc2C1=C(C=C1Sc2ccc3ccccc3c2N1C)/C=C1/Sc2ccc3ccccc3c2N1C. The van der Waals surface area contributed by atoms with Gasteiger partial charge in [-0.3, -0.25) is 4.99 Å². The zero-order chi connectivity index (χ0) is 27.7. The van der Waals surface area contributed by atoms with Crippen LogP contribution in [0, 0.1) is 0 Å². The first-order valence-corrected chi connectivity index (χ1v) is 15.4. The second-order valence-electron chi connectivity index (χ2n) is 10.6. The smallest absolute Gasteiger partial charge is 0.0805 e. The van der Waals surface area contributed by atoms with Gasteiger partial charge in [-0.15, -0.1) is 0 Å². The van der Waals surface area contributed by atoms with Crippen LogP contribution in [0.15, 0.2) is 140 Å². The lowest BCUT2D eigenvalue weighted by Crippen LogP contribution is -2.12. The van der Waals surface area contributed by atoms with Crippen molar-refractivity contribution in [3.05, 3.63) is 130 Å². The molecule has 0 radical (unpaired) electrons. The minimum Gasteiger partial charge on any atom is -0.338 e. The molecule has 0 saturated carbocycles. The van der Waals surface area contributed by atoms with Crippen LogP contribution in [-0.2, 0) is 0 Å². The summed E-state index contributed by atoms with van der Waals surface area (Å²) in [6.45, 7) is 2.13. The summed E-state index contributed by atoms with van der Waals surface area (Å²) in [5.74, 6) is 0. The van der Waals surface area contributed by atoms with E-state index in [1.165, 1.54) is 69.5 Å². The van der Waals surface area contributed by atoms with Crippen molar-refractivity contribution >= 4 is 73.4 Å². The van der Waals surface area contributed by atoms with E-state index in [1.54, 1.807) is 0 Å². The van der Waals surface area contributed by atoms with E-state index in [9.17, 15) is 0 Å². The lowest BCUT2D eigenvalue weighted by Gasteiger charge is -2.18. The third-order valence-electron chi connectivity index (χ3n) is 8.16. The van der Waals surface area contributed by atoms with Gasteiger partial charge in [0.1, 0.15) is 0 Å². The Balaban J connectivity index is 1.30. The van der Waals surface area contributed by atoms with Crippen molar-refractivity contribution in [3.63, 3.8) is 0 Å². The average molecular weight is 566 g/mol. The van der Waals surface area contributed by atoms with Crippen LogP contribution in [0.4, 0.5) is 17.1 Å². The summed E-state index contributed by atoms with van der Waals surface area (Å²) in [6, 6.07) is 34.8. The Morgan fingerprint density at radius 2 is 1.15 bits per heavy atom. The molecule has 0 spiro atoms. The highest BCUT2D eigenvalue weighted by atomic mass is 32.2. The molecule has 41 heavy (non-hydrogen) atoms. The van der Waals surface area contributed by atoms with Crippen molar-refractivity contribution in [3.8, 4) is 0 Å². The predicted molar refractivity (Wildman–Crippen MR) is 179 cm³/mol. The summed E-state index contributed by atoms with van der Waals surface area (Å²) in [5, 5.41) is 7.52. The van der Waals surface area contributed by atoms with E-state index in [1.807, 2.05) is 23.5 Å². The van der Waals surface area contributed by atoms with E-state index in [2.05, 4.69) is 140 Å². The maximum absolute atomic E-state index is 4.96. The molecule has 3 heterocycles. The number of anilines is 2. The molecule has 5 aromatic rings. The number of aliphatic imine (C=N–C) groups is 1. The van der Waals surface area contributed by atoms with Crippen molar-refractivity contribution < 1.29 is 0 Å². The zero-order valence-corrected chi connectivity index (χ0v) is 24.7. The Hall–Kier alpha value is -4.19. The topological polar surface area (TPSA) is 18.8 Å². The van der Waals surface area contributed by atoms with Gasteiger partial charge in [0.15, 0.2) is 0 Å². The summed E-state index contributed by atoms with van der Waals surface area (Å²) in [7, 11) is 4.38. The summed E-state index contributed by atoms with van der Waals surface area (Å²) in [6.07, 6.45) is 4.72. The fourth-order valence-electron chi connectivity index (χ4n) is 6.19. The molecule has 0 atom stereocenters. The molecular formula is C36H27N3S2. The molecule has 198 valence electrons. The maximum atomic E-state index is 4.96. The van der Waals surface area contributed by atoms with Gasteiger partial charge in [-0.25, -0.2) is 0 Å². The number of hydrogen-bond donors (Lipinski definition) is 0. The van der Waals surface area contributed by atoms with E-state index < -0.39 is 0 Å². The lowest BCUT2D eigenvalue weighted by atomic mass is 9.97. The largest absolute Gasteiger partial charge is 0.338 e. The first-order chi connectivity index (χ1) is 20.1. The minimum atomic E-state index is 1.04. The van der Waals surface area contributed by atoms with Gasteiger partial charge in [-0.2, -0.15) is 0 Å². The van der Waals surface area contributed by atoms with E-state index >= 15 is 0 Å². The van der Waals surface area contributed by atoms with E-state index in [0.29, 0.717) is 0 Å². The fourth-order valence-corrected chi connectivity index (χ4v) is 8.43. The Labute approximate surface area is 248 Å². The Morgan fingerprint density at radius 3 is 1.73 bits per heavy atom. The molecule has 5 heteroatoms. The van der Waals surface area contributed by atoms with Crippen LogP contribution in [0.1, 0.15) is 12.5 Å². The number of para-hydroxylation sites is 1. The van der Waals surface area contributed by atoms with Crippen LogP contribution in [-0.4, -0.2) is 19.8 Å². The summed E-state index contributed by atoms with van der Waals surface area (Å²) in [5.41, 5.74) is 8.21. The second kappa shape index (κ2) is 9.44. The van der Waals surface area contributed by atoms with E-state index in [4.69, 9.17) is 4.99 Å². The molecule has 0 aromatic heterocycles. The highest BCUT2D eigenvalue weighted by molar-refractivity contribution is 8.04. The van der Waals surface area contributed by atoms with Crippen molar-refractivity contribution in [2.24, 2.45) is 4.99 Å². The molecule has 3 nitrogen and oxygen atoms in total. The number of hydrogen-bond acceptors (Lipinski definition) is 5. The van der Waals surface area contributed by atoms with Crippen molar-refractivity contribution in [1.82, 2.24) is 0 Å². The molecule has 0 amide bonds. The standard InChI is InChI=1S/C36H27N3S2/c1-22-34(28-14-8-9-15-29(28)37-22)25(20-32-38(2)35-26-12-6-4-10-23(26)16-18-30(35)40-32)21-33-39(3)36-27-13-7-5-11-24(27)17-19-31(36)41-33/h4-21H,1-3H3/b32-20+,33-21?,34-25?. The van der Waals surface area contributed by atoms with E-state index in [0.717, 1.165) is 11.4 Å². The fraction of sp³-hybridized carbons (Fsp3) is 0.0833.